The van der Waals surface area contributed by atoms with Crippen molar-refractivity contribution in [2.45, 2.75) is 26.2 Å². The van der Waals surface area contributed by atoms with Crippen LogP contribution in [-0.2, 0) is 15.9 Å². The zero-order valence-corrected chi connectivity index (χ0v) is 13.1. The Labute approximate surface area is 130 Å². The van der Waals surface area contributed by atoms with Crippen LogP contribution in [0.2, 0.25) is 0 Å². The molecule has 0 aromatic carbocycles. The summed E-state index contributed by atoms with van der Waals surface area (Å²) in [6.45, 7) is 2.14. The second-order valence-electron chi connectivity index (χ2n) is 5.13. The van der Waals surface area contributed by atoms with Crippen LogP contribution in [0, 0.1) is 0 Å². The van der Waals surface area contributed by atoms with Gasteiger partial charge in [0.15, 0.2) is 0 Å². The molecule has 0 unspecified atom stereocenters. The molecular formula is C18H20O4. The fourth-order valence-electron chi connectivity index (χ4n) is 2.54. The Bertz CT molecular complexity index is 660. The van der Waals surface area contributed by atoms with Gasteiger partial charge in [-0.1, -0.05) is 37.6 Å². The maximum absolute atomic E-state index is 12.1. The molecule has 0 aromatic rings. The Hall–Kier alpha value is -2.36. The minimum absolute atomic E-state index is 0.247. The number of carbonyl (C=O) groups excluding carboxylic acids is 2. The van der Waals surface area contributed by atoms with Crippen molar-refractivity contribution in [1.29, 1.82) is 0 Å². The summed E-state index contributed by atoms with van der Waals surface area (Å²) >= 11 is 0. The lowest BCUT2D eigenvalue weighted by Gasteiger charge is -2.02. The molecule has 2 rings (SSSR count). The number of ether oxygens (including phenoxy) is 2. The van der Waals surface area contributed by atoms with Gasteiger partial charge in [-0.05, 0) is 35.6 Å². The molecule has 4 nitrogen and oxygen atoms in total. The van der Waals surface area contributed by atoms with E-state index in [0.717, 1.165) is 24.8 Å². The summed E-state index contributed by atoms with van der Waals surface area (Å²) in [6.07, 6.45) is 3.18. The topological polar surface area (TPSA) is 52.6 Å². The Kier molecular flexibility index (Phi) is 5.15. The number of fused-ring (bicyclic) bond motifs is 1. The van der Waals surface area contributed by atoms with Crippen molar-refractivity contribution < 1.29 is 19.1 Å². The number of rotatable bonds is 5. The van der Waals surface area contributed by atoms with Crippen LogP contribution < -0.4 is 0 Å². The summed E-state index contributed by atoms with van der Waals surface area (Å²) in [5, 5.41) is 0. The molecule has 0 saturated carbocycles. The number of methoxy groups -OCH3 is 2. The molecule has 22 heavy (non-hydrogen) atoms. The second kappa shape index (κ2) is 7.07. The third kappa shape index (κ3) is 3.11. The second-order valence-corrected chi connectivity index (χ2v) is 5.13. The number of hydrogen-bond acceptors (Lipinski definition) is 4. The van der Waals surface area contributed by atoms with E-state index >= 15 is 0 Å². The Morgan fingerprint density at radius 2 is 1.77 bits per heavy atom. The van der Waals surface area contributed by atoms with Gasteiger partial charge in [-0.2, -0.15) is 0 Å². The van der Waals surface area contributed by atoms with E-state index in [4.69, 9.17) is 9.47 Å². The molecule has 0 amide bonds. The highest BCUT2D eigenvalue weighted by atomic mass is 16.5. The first-order chi connectivity index (χ1) is 10.6. The first kappa shape index (κ1) is 16.0. The normalized spacial score (nSPS) is 10.5. The van der Waals surface area contributed by atoms with Gasteiger partial charge in [0.25, 0.3) is 0 Å². The summed E-state index contributed by atoms with van der Waals surface area (Å²) < 4.78 is 9.59. The van der Waals surface area contributed by atoms with Crippen LogP contribution >= 0.6 is 0 Å². The summed E-state index contributed by atoms with van der Waals surface area (Å²) in [5.41, 5.74) is 3.24. The maximum atomic E-state index is 12.1. The number of esters is 2. The van der Waals surface area contributed by atoms with E-state index in [9.17, 15) is 9.59 Å². The molecule has 0 saturated heterocycles. The highest BCUT2D eigenvalue weighted by Crippen LogP contribution is 2.33. The Balaban J connectivity index is 2.59. The lowest BCUT2D eigenvalue weighted by molar-refractivity contribution is 0.0557. The smallest absolute Gasteiger partial charge is 0.339 e. The lowest BCUT2D eigenvalue weighted by Crippen LogP contribution is -2.09. The Morgan fingerprint density at radius 1 is 1.05 bits per heavy atom. The van der Waals surface area contributed by atoms with Crippen molar-refractivity contribution in [3.05, 3.63) is 47.0 Å². The minimum Gasteiger partial charge on any atom is -0.465 e. The molecule has 0 aromatic heterocycles. The average molecular weight is 300 g/mol. The van der Waals surface area contributed by atoms with Crippen LogP contribution in [0.4, 0.5) is 0 Å². The van der Waals surface area contributed by atoms with E-state index < -0.39 is 11.9 Å². The zero-order chi connectivity index (χ0) is 16.1. The lowest BCUT2D eigenvalue weighted by atomic mass is 10.1. The summed E-state index contributed by atoms with van der Waals surface area (Å²) in [4.78, 5) is 24.0. The molecule has 116 valence electrons. The van der Waals surface area contributed by atoms with Gasteiger partial charge in [-0.25, -0.2) is 9.59 Å². The predicted octanol–water partition coefficient (Wildman–Crippen LogP) is 3.71. The van der Waals surface area contributed by atoms with E-state index in [-0.39, 0.29) is 11.1 Å². The van der Waals surface area contributed by atoms with Crippen molar-refractivity contribution in [2.75, 3.05) is 14.2 Å². The van der Waals surface area contributed by atoms with E-state index in [1.165, 1.54) is 19.8 Å². The zero-order valence-electron chi connectivity index (χ0n) is 13.1. The Morgan fingerprint density at radius 3 is 2.41 bits per heavy atom. The van der Waals surface area contributed by atoms with Gasteiger partial charge in [-0.15, -0.1) is 0 Å². The summed E-state index contributed by atoms with van der Waals surface area (Å²) in [7, 11) is 2.60. The quantitative estimate of drug-likeness (QED) is 0.790. The molecule has 0 heterocycles. The fourth-order valence-corrected chi connectivity index (χ4v) is 2.54. The van der Waals surface area contributed by atoms with Crippen molar-refractivity contribution in [2.24, 2.45) is 0 Å². The van der Waals surface area contributed by atoms with E-state index in [2.05, 4.69) is 6.92 Å². The number of hydrogen-bond donors (Lipinski definition) is 0. The van der Waals surface area contributed by atoms with Crippen LogP contribution in [-0.4, -0.2) is 26.2 Å². The number of aryl methyl sites for hydroxylation is 1. The first-order valence-electron chi connectivity index (χ1n) is 7.34. The van der Waals surface area contributed by atoms with Crippen LogP contribution in [0.15, 0.2) is 30.3 Å². The number of carbonyl (C=O) groups is 2. The maximum Gasteiger partial charge on any atom is 0.339 e. The molecular weight excluding hydrogens is 280 g/mol. The third-order valence-corrected chi connectivity index (χ3v) is 3.68. The molecule has 4 heteroatoms. The van der Waals surface area contributed by atoms with Crippen LogP contribution in [0.1, 0.15) is 46.0 Å². The molecule has 0 atom stereocenters. The monoisotopic (exact) mass is 300 g/mol. The van der Waals surface area contributed by atoms with Gasteiger partial charge >= 0.3 is 11.9 Å². The summed E-state index contributed by atoms with van der Waals surface area (Å²) in [5.74, 6) is -1.06. The van der Waals surface area contributed by atoms with Gasteiger partial charge in [0, 0.05) is 0 Å². The predicted molar refractivity (Wildman–Crippen MR) is 84.4 cm³/mol. The van der Waals surface area contributed by atoms with Gasteiger partial charge in [0.05, 0.1) is 25.3 Å². The molecule has 2 aliphatic carbocycles. The molecule has 0 radical (unpaired) electrons. The molecule has 0 bridgehead atoms. The number of unbranched alkanes of at least 4 members (excludes halogenated alkanes) is 1. The third-order valence-electron chi connectivity index (χ3n) is 3.68. The first-order valence-corrected chi connectivity index (χ1v) is 7.34. The summed E-state index contributed by atoms with van der Waals surface area (Å²) in [6, 6.07) is 9.49. The van der Waals surface area contributed by atoms with Gasteiger partial charge in [-0.3, -0.25) is 0 Å². The van der Waals surface area contributed by atoms with E-state index in [1.807, 2.05) is 24.3 Å². The van der Waals surface area contributed by atoms with Crippen LogP contribution in [0.25, 0.3) is 11.1 Å². The molecule has 2 aliphatic rings. The van der Waals surface area contributed by atoms with Gasteiger partial charge < -0.3 is 9.47 Å². The fraction of sp³-hybridized carbons (Fsp3) is 0.333. The van der Waals surface area contributed by atoms with Crippen molar-refractivity contribution in [3.8, 4) is 11.1 Å². The van der Waals surface area contributed by atoms with Crippen LogP contribution in [0.5, 0.6) is 0 Å². The van der Waals surface area contributed by atoms with Gasteiger partial charge in [0.2, 0.25) is 0 Å². The highest BCUT2D eigenvalue weighted by molar-refractivity contribution is 6.10. The molecule has 0 N–H and O–H groups in total. The van der Waals surface area contributed by atoms with Crippen molar-refractivity contribution in [1.82, 2.24) is 0 Å². The van der Waals surface area contributed by atoms with Crippen molar-refractivity contribution >= 4 is 11.9 Å². The molecule has 0 spiro atoms. The minimum atomic E-state index is -0.533. The van der Waals surface area contributed by atoms with E-state index in [1.54, 1.807) is 6.07 Å². The van der Waals surface area contributed by atoms with Crippen molar-refractivity contribution in [3.63, 3.8) is 0 Å². The highest BCUT2D eigenvalue weighted by Gasteiger charge is 2.26. The standard InChI is InChI=1S/C18H20O4/c1-4-5-7-12-8-6-9-14-13(10-12)11-15(17(19)21-2)16(14)18(20)22-3/h6,8-11H,4-5,7H2,1-3H3. The molecule has 0 aliphatic heterocycles. The average Bonchev–Trinajstić information content (AvgIpc) is 2.77. The largest absolute Gasteiger partial charge is 0.465 e. The molecule has 0 fully saturated rings. The van der Waals surface area contributed by atoms with Crippen LogP contribution in [0.3, 0.4) is 0 Å². The SMILES string of the molecule is CCCCc1cccc2c(C(=O)OC)c(C(=O)OC)cc-2c1. The van der Waals surface area contributed by atoms with E-state index in [0.29, 0.717) is 5.56 Å². The van der Waals surface area contributed by atoms with Gasteiger partial charge in [0.1, 0.15) is 0 Å².